The third-order valence-corrected chi connectivity index (χ3v) is 5.66. The summed E-state index contributed by atoms with van der Waals surface area (Å²) < 4.78 is 8.36. The average molecular weight is 498 g/mol. The van der Waals surface area contributed by atoms with E-state index in [1.165, 1.54) is 10.5 Å². The van der Waals surface area contributed by atoms with Gasteiger partial charge in [0.1, 0.15) is 28.9 Å². The van der Waals surface area contributed by atoms with Crippen LogP contribution in [0.5, 0.6) is 11.6 Å². The number of pyridine rings is 1. The van der Waals surface area contributed by atoms with Crippen LogP contribution in [0.1, 0.15) is 17.0 Å². The van der Waals surface area contributed by atoms with Gasteiger partial charge in [0.2, 0.25) is 5.88 Å². The van der Waals surface area contributed by atoms with E-state index in [1.54, 1.807) is 24.4 Å². The number of imidazole rings is 1. The highest BCUT2D eigenvalue weighted by Crippen LogP contribution is 2.27. The first-order valence-electron chi connectivity index (χ1n) is 10.1. The van der Waals surface area contributed by atoms with Crippen LogP contribution in [0.2, 0.25) is 0 Å². The van der Waals surface area contributed by atoms with E-state index in [0.29, 0.717) is 17.2 Å². The smallest absolute Gasteiger partial charge is 0.269 e. The quantitative estimate of drug-likeness (QED) is 0.330. The topological polar surface area (TPSA) is 96.1 Å². The summed E-state index contributed by atoms with van der Waals surface area (Å²) in [7, 11) is 0. The van der Waals surface area contributed by atoms with E-state index in [0.717, 1.165) is 21.1 Å². The molecule has 7 nitrogen and oxygen atoms in total. The SMILES string of the molecule is Cc1cccn2c(=O)c(/C=C(\C#N)c3nc4ccccc4[nH]3)c(Oc3ccc(Br)cc3)nc12. The van der Waals surface area contributed by atoms with E-state index >= 15 is 0 Å². The number of nitrogens with one attached hydrogen (secondary N) is 1. The molecular formula is C25H16BrN5O2. The van der Waals surface area contributed by atoms with Crippen molar-refractivity contribution in [3.8, 4) is 17.7 Å². The van der Waals surface area contributed by atoms with Crippen LogP contribution in [-0.4, -0.2) is 19.4 Å². The molecule has 0 spiro atoms. The lowest BCUT2D eigenvalue weighted by Crippen LogP contribution is -2.19. The van der Waals surface area contributed by atoms with Gasteiger partial charge in [0.15, 0.2) is 0 Å². The minimum atomic E-state index is -0.348. The maximum absolute atomic E-state index is 13.5. The third-order valence-electron chi connectivity index (χ3n) is 5.13. The van der Waals surface area contributed by atoms with Gasteiger partial charge in [0.25, 0.3) is 5.56 Å². The minimum absolute atomic E-state index is 0.112. The molecule has 5 rings (SSSR count). The lowest BCUT2D eigenvalue weighted by molar-refractivity contribution is 0.461. The van der Waals surface area contributed by atoms with Crippen LogP contribution < -0.4 is 10.3 Å². The maximum Gasteiger partial charge on any atom is 0.269 e. The molecule has 0 saturated carbocycles. The van der Waals surface area contributed by atoms with Crippen LogP contribution >= 0.6 is 15.9 Å². The normalized spacial score (nSPS) is 11.6. The first kappa shape index (κ1) is 20.7. The number of para-hydroxylation sites is 2. The van der Waals surface area contributed by atoms with Crippen molar-refractivity contribution in [2.24, 2.45) is 0 Å². The second-order valence-electron chi connectivity index (χ2n) is 7.35. The number of aromatic amines is 1. The fraction of sp³-hybridized carbons (Fsp3) is 0.0400. The van der Waals surface area contributed by atoms with Gasteiger partial charge >= 0.3 is 0 Å². The predicted molar refractivity (Wildman–Crippen MR) is 130 cm³/mol. The highest BCUT2D eigenvalue weighted by atomic mass is 79.9. The van der Waals surface area contributed by atoms with Crippen LogP contribution in [0.25, 0.3) is 28.3 Å². The molecule has 8 heteroatoms. The van der Waals surface area contributed by atoms with Crippen molar-refractivity contribution in [2.45, 2.75) is 6.92 Å². The van der Waals surface area contributed by atoms with E-state index in [9.17, 15) is 10.1 Å². The standard InChI is InChI=1S/C25H16BrN5O2/c1-15-5-4-12-31-23(15)30-24(33-18-10-8-17(26)9-11-18)19(25(31)32)13-16(14-27)22-28-20-6-2-3-7-21(20)29-22/h2-13H,1H3,(H,28,29)/b16-13+. The van der Waals surface area contributed by atoms with Gasteiger partial charge < -0.3 is 9.72 Å². The largest absolute Gasteiger partial charge is 0.438 e. The van der Waals surface area contributed by atoms with Crippen molar-refractivity contribution in [3.05, 3.63) is 98.6 Å². The summed E-state index contributed by atoms with van der Waals surface area (Å²) >= 11 is 3.40. The number of halogens is 1. The number of nitrogens with zero attached hydrogens (tertiary/aromatic N) is 4. The number of aromatic nitrogens is 4. The lowest BCUT2D eigenvalue weighted by Gasteiger charge is -2.11. The fourth-order valence-corrected chi connectivity index (χ4v) is 3.75. The Labute approximate surface area is 196 Å². The zero-order chi connectivity index (χ0) is 22.9. The molecule has 0 radical (unpaired) electrons. The number of H-pyrrole nitrogens is 1. The molecule has 1 N–H and O–H groups in total. The van der Waals surface area contributed by atoms with Gasteiger partial charge in [-0.15, -0.1) is 0 Å². The monoisotopic (exact) mass is 497 g/mol. The lowest BCUT2D eigenvalue weighted by atomic mass is 10.1. The summed E-state index contributed by atoms with van der Waals surface area (Å²) in [5.74, 6) is 0.988. The van der Waals surface area contributed by atoms with Crippen LogP contribution in [0, 0.1) is 18.3 Å². The van der Waals surface area contributed by atoms with E-state index in [4.69, 9.17) is 4.74 Å². The second kappa shape index (κ2) is 8.37. The Morgan fingerprint density at radius 2 is 1.91 bits per heavy atom. The van der Waals surface area contributed by atoms with E-state index in [-0.39, 0.29) is 22.6 Å². The fourth-order valence-electron chi connectivity index (χ4n) is 3.49. The number of hydrogen-bond donors (Lipinski definition) is 1. The first-order chi connectivity index (χ1) is 16.0. The first-order valence-corrected chi connectivity index (χ1v) is 10.8. The number of hydrogen-bond acceptors (Lipinski definition) is 5. The maximum atomic E-state index is 13.5. The van der Waals surface area contributed by atoms with Crippen LogP contribution in [0.3, 0.4) is 0 Å². The Morgan fingerprint density at radius 1 is 1.12 bits per heavy atom. The summed E-state index contributed by atoms with van der Waals surface area (Å²) in [6, 6.07) is 20.5. The second-order valence-corrected chi connectivity index (χ2v) is 8.26. The van der Waals surface area contributed by atoms with Crippen molar-refractivity contribution in [1.29, 1.82) is 5.26 Å². The molecule has 0 fully saturated rings. The summed E-state index contributed by atoms with van der Waals surface area (Å²) in [5.41, 5.74) is 2.82. The molecule has 33 heavy (non-hydrogen) atoms. The third kappa shape index (κ3) is 3.90. The number of allylic oxidation sites excluding steroid dienone is 1. The van der Waals surface area contributed by atoms with Crippen molar-refractivity contribution < 1.29 is 4.74 Å². The van der Waals surface area contributed by atoms with E-state index in [2.05, 4.69) is 37.0 Å². The van der Waals surface area contributed by atoms with Crippen molar-refractivity contribution in [3.63, 3.8) is 0 Å². The Hall–Kier alpha value is -4.22. The molecule has 0 amide bonds. The number of rotatable bonds is 4. The van der Waals surface area contributed by atoms with Gasteiger partial charge in [0.05, 0.1) is 16.6 Å². The molecule has 3 aromatic heterocycles. The zero-order valence-corrected chi connectivity index (χ0v) is 19.0. The highest BCUT2D eigenvalue weighted by molar-refractivity contribution is 9.10. The number of fused-ring (bicyclic) bond motifs is 2. The summed E-state index contributed by atoms with van der Waals surface area (Å²) in [4.78, 5) is 25.7. The molecule has 0 unspecified atom stereocenters. The molecule has 0 atom stereocenters. The van der Waals surface area contributed by atoms with Gasteiger partial charge in [-0.25, -0.2) is 4.98 Å². The molecule has 0 bridgehead atoms. The van der Waals surface area contributed by atoms with Crippen molar-refractivity contribution >= 4 is 44.3 Å². The molecule has 5 aromatic rings. The minimum Gasteiger partial charge on any atom is -0.438 e. The molecule has 160 valence electrons. The van der Waals surface area contributed by atoms with Crippen LogP contribution in [-0.2, 0) is 0 Å². The molecule has 2 aromatic carbocycles. The predicted octanol–water partition coefficient (Wildman–Crippen LogP) is 5.50. The molecule has 0 aliphatic carbocycles. The molecule has 0 aliphatic rings. The van der Waals surface area contributed by atoms with E-state index < -0.39 is 0 Å². The summed E-state index contributed by atoms with van der Waals surface area (Å²) in [6.45, 7) is 1.87. The molecular weight excluding hydrogens is 482 g/mol. The number of aryl methyl sites for hydroxylation is 1. The van der Waals surface area contributed by atoms with Gasteiger partial charge in [-0.05, 0) is 61.0 Å². The number of ether oxygens (including phenoxy) is 1. The van der Waals surface area contributed by atoms with Gasteiger partial charge in [-0.3, -0.25) is 9.20 Å². The Balaban J connectivity index is 1.72. The van der Waals surface area contributed by atoms with Gasteiger partial charge in [-0.2, -0.15) is 10.2 Å². The molecule has 3 heterocycles. The zero-order valence-electron chi connectivity index (χ0n) is 17.4. The van der Waals surface area contributed by atoms with Gasteiger partial charge in [-0.1, -0.05) is 34.1 Å². The number of nitriles is 1. The number of benzene rings is 2. The van der Waals surface area contributed by atoms with Gasteiger partial charge in [0, 0.05) is 10.7 Å². The highest BCUT2D eigenvalue weighted by Gasteiger charge is 2.17. The molecule has 0 saturated heterocycles. The molecule has 0 aliphatic heterocycles. The Kier molecular flexibility index (Phi) is 5.24. The van der Waals surface area contributed by atoms with Crippen molar-refractivity contribution in [1.82, 2.24) is 19.4 Å². The van der Waals surface area contributed by atoms with Crippen LogP contribution in [0.15, 0.2) is 76.1 Å². The Morgan fingerprint density at radius 3 is 2.67 bits per heavy atom. The van der Waals surface area contributed by atoms with Crippen molar-refractivity contribution in [2.75, 3.05) is 0 Å². The Bertz CT molecular complexity index is 1610. The average Bonchev–Trinajstić information content (AvgIpc) is 3.25. The van der Waals surface area contributed by atoms with E-state index in [1.807, 2.05) is 49.4 Å². The summed E-state index contributed by atoms with van der Waals surface area (Å²) in [6.07, 6.45) is 3.11. The van der Waals surface area contributed by atoms with Crippen LogP contribution in [0.4, 0.5) is 0 Å². The summed E-state index contributed by atoms with van der Waals surface area (Å²) in [5, 5.41) is 9.87.